The second kappa shape index (κ2) is 5.64. The molecule has 1 rings (SSSR count). The number of hydrogen-bond acceptors (Lipinski definition) is 1. The summed E-state index contributed by atoms with van der Waals surface area (Å²) < 4.78 is 0. The summed E-state index contributed by atoms with van der Waals surface area (Å²) in [5, 5.41) is 3.65. The van der Waals surface area contributed by atoms with E-state index in [1.165, 1.54) is 38.6 Å². The highest BCUT2D eigenvalue weighted by Crippen LogP contribution is 2.22. The van der Waals surface area contributed by atoms with E-state index in [0.717, 1.165) is 11.8 Å². The molecule has 1 aliphatic carbocycles. The van der Waals surface area contributed by atoms with Gasteiger partial charge in [0.15, 0.2) is 0 Å². The molecule has 0 amide bonds. The monoisotopic (exact) mass is 183 g/mol. The third-order valence-electron chi connectivity index (χ3n) is 3.45. The van der Waals surface area contributed by atoms with Crippen molar-refractivity contribution in [1.29, 1.82) is 0 Å². The van der Waals surface area contributed by atoms with E-state index in [1.54, 1.807) is 0 Å². The summed E-state index contributed by atoms with van der Waals surface area (Å²) in [4.78, 5) is 0. The van der Waals surface area contributed by atoms with Gasteiger partial charge in [-0.2, -0.15) is 0 Å². The van der Waals surface area contributed by atoms with E-state index in [4.69, 9.17) is 0 Å². The Hall–Kier alpha value is -0.0400. The van der Waals surface area contributed by atoms with Crippen molar-refractivity contribution in [3.8, 4) is 0 Å². The van der Waals surface area contributed by atoms with E-state index in [-0.39, 0.29) is 0 Å². The van der Waals surface area contributed by atoms with Crippen LogP contribution in [-0.4, -0.2) is 12.6 Å². The summed E-state index contributed by atoms with van der Waals surface area (Å²) in [5.74, 6) is 1.73. The molecule has 1 atom stereocenters. The molecule has 1 unspecified atom stereocenters. The first-order valence-electron chi connectivity index (χ1n) is 5.93. The second-order valence-electron chi connectivity index (χ2n) is 4.94. The SMILES string of the molecule is CC(C)C(C)NCC1CCCCC1. The lowest BCUT2D eigenvalue weighted by atomic mass is 9.89. The molecule has 78 valence electrons. The van der Waals surface area contributed by atoms with Crippen molar-refractivity contribution >= 4 is 0 Å². The van der Waals surface area contributed by atoms with Crippen LogP contribution in [0, 0.1) is 11.8 Å². The van der Waals surface area contributed by atoms with Crippen LogP contribution in [0.25, 0.3) is 0 Å². The summed E-state index contributed by atoms with van der Waals surface area (Å²) in [7, 11) is 0. The van der Waals surface area contributed by atoms with Gasteiger partial charge in [0.05, 0.1) is 0 Å². The number of rotatable bonds is 4. The summed E-state index contributed by atoms with van der Waals surface area (Å²) >= 11 is 0. The average molecular weight is 183 g/mol. The highest BCUT2D eigenvalue weighted by molar-refractivity contribution is 4.71. The minimum atomic E-state index is 0.682. The Labute approximate surface area is 83.3 Å². The molecule has 0 heterocycles. The van der Waals surface area contributed by atoms with E-state index in [0.29, 0.717) is 6.04 Å². The summed E-state index contributed by atoms with van der Waals surface area (Å²) in [5.41, 5.74) is 0. The zero-order valence-electron chi connectivity index (χ0n) is 9.47. The van der Waals surface area contributed by atoms with Crippen molar-refractivity contribution < 1.29 is 0 Å². The smallest absolute Gasteiger partial charge is 0.00618 e. The van der Waals surface area contributed by atoms with Crippen LogP contribution in [-0.2, 0) is 0 Å². The normalized spacial score (nSPS) is 22.2. The van der Waals surface area contributed by atoms with Crippen LogP contribution in [0.15, 0.2) is 0 Å². The van der Waals surface area contributed by atoms with Gasteiger partial charge in [0.2, 0.25) is 0 Å². The maximum atomic E-state index is 3.65. The molecule has 0 radical (unpaired) electrons. The van der Waals surface area contributed by atoms with Crippen LogP contribution >= 0.6 is 0 Å². The highest BCUT2D eigenvalue weighted by atomic mass is 14.9. The summed E-state index contributed by atoms with van der Waals surface area (Å²) in [6.07, 6.45) is 7.30. The van der Waals surface area contributed by atoms with Gasteiger partial charge in [0.25, 0.3) is 0 Å². The van der Waals surface area contributed by atoms with Gasteiger partial charge in [0.1, 0.15) is 0 Å². The lowest BCUT2D eigenvalue weighted by molar-refractivity contribution is 0.313. The van der Waals surface area contributed by atoms with Crippen LogP contribution in [0.3, 0.4) is 0 Å². The minimum absolute atomic E-state index is 0.682. The third kappa shape index (κ3) is 4.12. The molecule has 0 aromatic rings. The van der Waals surface area contributed by atoms with Crippen LogP contribution in [0.2, 0.25) is 0 Å². The van der Waals surface area contributed by atoms with E-state index in [1.807, 2.05) is 0 Å². The maximum absolute atomic E-state index is 3.65. The Bertz CT molecular complexity index is 125. The van der Waals surface area contributed by atoms with Crippen molar-refractivity contribution in [3.05, 3.63) is 0 Å². The van der Waals surface area contributed by atoms with Crippen molar-refractivity contribution in [3.63, 3.8) is 0 Å². The van der Waals surface area contributed by atoms with E-state index in [2.05, 4.69) is 26.1 Å². The van der Waals surface area contributed by atoms with Crippen molar-refractivity contribution in [2.75, 3.05) is 6.54 Å². The van der Waals surface area contributed by atoms with Crippen molar-refractivity contribution in [1.82, 2.24) is 5.32 Å². The van der Waals surface area contributed by atoms with E-state index >= 15 is 0 Å². The van der Waals surface area contributed by atoms with Crippen LogP contribution in [0.4, 0.5) is 0 Å². The molecule has 0 bridgehead atoms. The fourth-order valence-electron chi connectivity index (χ4n) is 1.98. The first kappa shape index (κ1) is 11.0. The van der Waals surface area contributed by atoms with Gasteiger partial charge < -0.3 is 5.32 Å². The molecule has 1 heteroatoms. The first-order valence-corrected chi connectivity index (χ1v) is 5.93. The van der Waals surface area contributed by atoms with Gasteiger partial charge in [-0.3, -0.25) is 0 Å². The quantitative estimate of drug-likeness (QED) is 0.706. The van der Waals surface area contributed by atoms with E-state index < -0.39 is 0 Å². The second-order valence-corrected chi connectivity index (χ2v) is 4.94. The van der Waals surface area contributed by atoms with Crippen LogP contribution in [0.1, 0.15) is 52.9 Å². The van der Waals surface area contributed by atoms with Gasteiger partial charge in [-0.15, -0.1) is 0 Å². The molecule has 1 fully saturated rings. The molecule has 0 aromatic heterocycles. The van der Waals surface area contributed by atoms with Gasteiger partial charge in [-0.05, 0) is 38.1 Å². The average Bonchev–Trinajstić information content (AvgIpc) is 2.15. The molecule has 1 aliphatic rings. The first-order chi connectivity index (χ1) is 6.20. The Balaban J connectivity index is 2.10. The Kier molecular flexibility index (Phi) is 4.79. The molecular formula is C12H25N. The molecule has 1 saturated carbocycles. The summed E-state index contributed by atoms with van der Waals surface area (Å²) in [6, 6.07) is 0.682. The van der Waals surface area contributed by atoms with Crippen LogP contribution in [0.5, 0.6) is 0 Å². The molecule has 1 nitrogen and oxygen atoms in total. The highest BCUT2D eigenvalue weighted by Gasteiger charge is 2.14. The zero-order chi connectivity index (χ0) is 9.68. The maximum Gasteiger partial charge on any atom is 0.00618 e. The zero-order valence-corrected chi connectivity index (χ0v) is 9.47. The minimum Gasteiger partial charge on any atom is -0.314 e. The predicted octanol–water partition coefficient (Wildman–Crippen LogP) is 3.20. The van der Waals surface area contributed by atoms with Gasteiger partial charge in [0, 0.05) is 6.04 Å². The third-order valence-corrected chi connectivity index (χ3v) is 3.45. The van der Waals surface area contributed by atoms with E-state index in [9.17, 15) is 0 Å². The molecule has 1 N–H and O–H groups in total. The Morgan fingerprint density at radius 2 is 1.69 bits per heavy atom. The standard InChI is InChI=1S/C12H25N/c1-10(2)11(3)13-9-12-7-5-4-6-8-12/h10-13H,4-9H2,1-3H3. The summed E-state index contributed by atoms with van der Waals surface area (Å²) in [6.45, 7) is 8.13. The lowest BCUT2D eigenvalue weighted by Gasteiger charge is -2.25. The lowest BCUT2D eigenvalue weighted by Crippen LogP contribution is -2.35. The molecule has 13 heavy (non-hydrogen) atoms. The fraction of sp³-hybridized carbons (Fsp3) is 1.00. The van der Waals surface area contributed by atoms with Crippen molar-refractivity contribution in [2.24, 2.45) is 11.8 Å². The van der Waals surface area contributed by atoms with Crippen molar-refractivity contribution in [2.45, 2.75) is 58.9 Å². The number of nitrogens with one attached hydrogen (secondary N) is 1. The van der Waals surface area contributed by atoms with Crippen LogP contribution < -0.4 is 5.32 Å². The topological polar surface area (TPSA) is 12.0 Å². The fourth-order valence-corrected chi connectivity index (χ4v) is 1.98. The van der Waals surface area contributed by atoms with Gasteiger partial charge >= 0.3 is 0 Å². The Morgan fingerprint density at radius 3 is 2.23 bits per heavy atom. The predicted molar refractivity (Wildman–Crippen MR) is 58.9 cm³/mol. The largest absolute Gasteiger partial charge is 0.314 e. The molecule has 0 saturated heterocycles. The number of hydrogen-bond donors (Lipinski definition) is 1. The Morgan fingerprint density at radius 1 is 1.08 bits per heavy atom. The molecule has 0 aliphatic heterocycles. The molecule has 0 spiro atoms. The molecule has 0 aromatic carbocycles. The molecular weight excluding hydrogens is 158 g/mol. The van der Waals surface area contributed by atoms with Gasteiger partial charge in [-0.1, -0.05) is 33.1 Å². The van der Waals surface area contributed by atoms with Gasteiger partial charge in [-0.25, -0.2) is 0 Å².